The second-order valence-corrected chi connectivity index (χ2v) is 8.43. The van der Waals surface area contributed by atoms with Crippen LogP contribution in [0.3, 0.4) is 0 Å². The maximum Gasteiger partial charge on any atom is 0.261 e. The Labute approximate surface area is 197 Å². The number of hydrogen-bond donors (Lipinski definition) is 1. The Morgan fingerprint density at radius 1 is 1.03 bits per heavy atom. The number of amides is 5. The van der Waals surface area contributed by atoms with Crippen LogP contribution in [-0.2, 0) is 14.4 Å². The zero-order valence-electron chi connectivity index (χ0n) is 18.9. The number of piperazine rings is 1. The van der Waals surface area contributed by atoms with E-state index in [4.69, 9.17) is 0 Å². The lowest BCUT2D eigenvalue weighted by molar-refractivity contribution is -0.139. The van der Waals surface area contributed by atoms with Crippen LogP contribution in [0.5, 0.6) is 0 Å². The Kier molecular flexibility index (Phi) is 6.72. The van der Waals surface area contributed by atoms with Crippen LogP contribution in [-0.4, -0.2) is 72.1 Å². The molecule has 2 aromatic rings. The van der Waals surface area contributed by atoms with Gasteiger partial charge < -0.3 is 9.80 Å². The molecule has 0 aromatic heterocycles. The lowest BCUT2D eigenvalue weighted by Crippen LogP contribution is -2.54. The number of piperidine rings is 1. The summed E-state index contributed by atoms with van der Waals surface area (Å²) < 4.78 is 0. The van der Waals surface area contributed by atoms with Crippen molar-refractivity contribution in [3.63, 3.8) is 0 Å². The van der Waals surface area contributed by atoms with Gasteiger partial charge in [0.05, 0.1) is 0 Å². The van der Waals surface area contributed by atoms with Crippen LogP contribution >= 0.6 is 0 Å². The Bertz CT molecular complexity index is 1130. The van der Waals surface area contributed by atoms with Crippen molar-refractivity contribution < 1.29 is 24.0 Å². The van der Waals surface area contributed by atoms with Gasteiger partial charge in [-0.1, -0.05) is 18.2 Å². The van der Waals surface area contributed by atoms with Crippen molar-refractivity contribution in [3.8, 4) is 0 Å². The summed E-state index contributed by atoms with van der Waals surface area (Å²) in [5.41, 5.74) is 2.58. The van der Waals surface area contributed by atoms with Gasteiger partial charge in [0.2, 0.25) is 18.2 Å². The number of rotatable bonds is 5. The van der Waals surface area contributed by atoms with Crippen molar-refractivity contribution >= 4 is 35.7 Å². The van der Waals surface area contributed by atoms with Gasteiger partial charge in [0, 0.05) is 49.4 Å². The SMILES string of the molecule is Cc1cc(N2CCN(C(=O)c3ccccc3)CC2)ccc1C(=O)N(C=O)C1CCC(=O)NC1=O. The molecule has 2 saturated heterocycles. The zero-order valence-corrected chi connectivity index (χ0v) is 18.9. The molecule has 2 fully saturated rings. The Hall–Kier alpha value is -4.01. The number of nitrogens with zero attached hydrogens (tertiary/aromatic N) is 3. The number of aryl methyl sites for hydroxylation is 1. The molecule has 0 bridgehead atoms. The molecule has 0 aliphatic carbocycles. The smallest absolute Gasteiger partial charge is 0.261 e. The molecule has 1 atom stereocenters. The van der Waals surface area contributed by atoms with E-state index in [1.165, 1.54) is 0 Å². The minimum atomic E-state index is -1.00. The molecule has 2 heterocycles. The van der Waals surface area contributed by atoms with Gasteiger partial charge in [-0.25, -0.2) is 0 Å². The van der Waals surface area contributed by atoms with Gasteiger partial charge in [0.1, 0.15) is 6.04 Å². The van der Waals surface area contributed by atoms with Crippen molar-refractivity contribution in [1.29, 1.82) is 0 Å². The summed E-state index contributed by atoms with van der Waals surface area (Å²) in [5.74, 6) is -1.62. The highest BCUT2D eigenvalue weighted by atomic mass is 16.2. The van der Waals surface area contributed by atoms with E-state index in [-0.39, 0.29) is 18.7 Å². The maximum absolute atomic E-state index is 13.0. The topological polar surface area (TPSA) is 107 Å². The Balaban J connectivity index is 1.42. The summed E-state index contributed by atoms with van der Waals surface area (Å²) >= 11 is 0. The lowest BCUT2D eigenvalue weighted by atomic mass is 10.0. The first-order valence-corrected chi connectivity index (χ1v) is 11.2. The molecule has 0 spiro atoms. The predicted octanol–water partition coefficient (Wildman–Crippen LogP) is 1.36. The molecular formula is C25H26N4O5. The number of nitrogens with one attached hydrogen (secondary N) is 1. The van der Waals surface area contributed by atoms with Crippen LogP contribution in [0.1, 0.15) is 39.1 Å². The molecule has 2 aliphatic heterocycles. The fraction of sp³-hybridized carbons (Fsp3) is 0.320. The number of anilines is 1. The summed E-state index contributed by atoms with van der Waals surface area (Å²) in [6, 6.07) is 13.5. The molecular weight excluding hydrogens is 436 g/mol. The molecule has 0 radical (unpaired) electrons. The van der Waals surface area contributed by atoms with Crippen LogP contribution in [0.4, 0.5) is 5.69 Å². The average Bonchev–Trinajstić information content (AvgIpc) is 2.85. The van der Waals surface area contributed by atoms with Crippen LogP contribution in [0.15, 0.2) is 48.5 Å². The van der Waals surface area contributed by atoms with E-state index in [1.807, 2.05) is 47.4 Å². The molecule has 5 amide bonds. The summed E-state index contributed by atoms with van der Waals surface area (Å²) in [7, 11) is 0. The molecule has 34 heavy (non-hydrogen) atoms. The fourth-order valence-electron chi connectivity index (χ4n) is 4.37. The van der Waals surface area contributed by atoms with Crippen LogP contribution in [0.25, 0.3) is 0 Å². The van der Waals surface area contributed by atoms with Crippen molar-refractivity contribution in [3.05, 3.63) is 65.2 Å². The van der Waals surface area contributed by atoms with Crippen molar-refractivity contribution in [2.75, 3.05) is 31.1 Å². The molecule has 2 aromatic carbocycles. The minimum absolute atomic E-state index is 0.0137. The third kappa shape index (κ3) is 4.68. The second kappa shape index (κ2) is 9.86. The second-order valence-electron chi connectivity index (χ2n) is 8.43. The highest BCUT2D eigenvalue weighted by molar-refractivity contribution is 6.07. The number of imide groups is 2. The first kappa shape index (κ1) is 23.2. The van der Waals surface area contributed by atoms with Crippen molar-refractivity contribution in [1.82, 2.24) is 15.1 Å². The summed E-state index contributed by atoms with van der Waals surface area (Å²) in [6.07, 6.45) is 0.529. The van der Waals surface area contributed by atoms with E-state index in [0.29, 0.717) is 49.3 Å². The Morgan fingerprint density at radius 2 is 1.74 bits per heavy atom. The number of hydrogen-bond acceptors (Lipinski definition) is 6. The van der Waals surface area contributed by atoms with E-state index in [2.05, 4.69) is 10.2 Å². The van der Waals surface area contributed by atoms with Gasteiger partial charge in [0.15, 0.2) is 0 Å². The van der Waals surface area contributed by atoms with Crippen molar-refractivity contribution in [2.45, 2.75) is 25.8 Å². The zero-order chi connectivity index (χ0) is 24.2. The van der Waals surface area contributed by atoms with Gasteiger partial charge in [-0.3, -0.25) is 34.2 Å². The fourth-order valence-corrected chi connectivity index (χ4v) is 4.37. The third-order valence-corrected chi connectivity index (χ3v) is 6.29. The summed E-state index contributed by atoms with van der Waals surface area (Å²) in [5, 5.41) is 2.17. The van der Waals surface area contributed by atoms with Gasteiger partial charge in [-0.05, 0) is 49.2 Å². The Morgan fingerprint density at radius 3 is 2.35 bits per heavy atom. The summed E-state index contributed by atoms with van der Waals surface area (Å²) in [4.78, 5) is 65.7. The van der Waals surface area contributed by atoms with Gasteiger partial charge in [-0.2, -0.15) is 0 Å². The van der Waals surface area contributed by atoms with Crippen LogP contribution < -0.4 is 10.2 Å². The van der Waals surface area contributed by atoms with E-state index < -0.39 is 23.8 Å². The van der Waals surface area contributed by atoms with Gasteiger partial charge >= 0.3 is 0 Å². The first-order valence-electron chi connectivity index (χ1n) is 11.2. The molecule has 2 aliphatic rings. The largest absolute Gasteiger partial charge is 0.368 e. The number of carbonyl (C=O) groups excluding carboxylic acids is 5. The monoisotopic (exact) mass is 462 g/mol. The highest BCUT2D eigenvalue weighted by Gasteiger charge is 2.35. The average molecular weight is 463 g/mol. The van der Waals surface area contributed by atoms with Gasteiger partial charge in [0.25, 0.3) is 11.8 Å². The standard InChI is InChI=1S/C25H26N4O5/c1-17-15-19(27-11-13-28(14-12-27)24(33)18-5-3-2-4-6-18)7-8-20(17)25(34)29(16-30)21-9-10-22(31)26-23(21)32/h2-8,15-16,21H,9-14H2,1H3,(H,26,31,32). The first-order chi connectivity index (χ1) is 16.4. The number of carbonyl (C=O) groups is 5. The molecule has 4 rings (SSSR count). The molecule has 0 saturated carbocycles. The van der Waals surface area contributed by atoms with Crippen molar-refractivity contribution in [2.24, 2.45) is 0 Å². The van der Waals surface area contributed by atoms with E-state index in [1.54, 1.807) is 13.0 Å². The van der Waals surface area contributed by atoms with E-state index in [0.717, 1.165) is 10.6 Å². The summed E-state index contributed by atoms with van der Waals surface area (Å²) in [6.45, 7) is 4.26. The maximum atomic E-state index is 13.0. The molecule has 176 valence electrons. The normalized spacial score (nSPS) is 18.3. The van der Waals surface area contributed by atoms with Gasteiger partial charge in [-0.15, -0.1) is 0 Å². The van der Waals surface area contributed by atoms with Crippen LogP contribution in [0, 0.1) is 6.92 Å². The predicted molar refractivity (Wildman–Crippen MR) is 124 cm³/mol. The third-order valence-electron chi connectivity index (χ3n) is 6.29. The minimum Gasteiger partial charge on any atom is -0.368 e. The number of benzene rings is 2. The lowest BCUT2D eigenvalue weighted by Gasteiger charge is -2.36. The highest BCUT2D eigenvalue weighted by Crippen LogP contribution is 2.23. The molecule has 1 unspecified atom stereocenters. The van der Waals surface area contributed by atoms with E-state index in [9.17, 15) is 24.0 Å². The molecule has 9 nitrogen and oxygen atoms in total. The molecule has 9 heteroatoms. The quantitative estimate of drug-likeness (QED) is 0.531. The molecule has 1 N–H and O–H groups in total. The van der Waals surface area contributed by atoms with Crippen LogP contribution in [0.2, 0.25) is 0 Å². The van der Waals surface area contributed by atoms with E-state index >= 15 is 0 Å².